The lowest BCUT2D eigenvalue weighted by molar-refractivity contribution is 0.235. The quantitative estimate of drug-likeness (QED) is 0.444. The topological polar surface area (TPSA) is 60.5 Å². The Bertz CT molecular complexity index is 773. The molecule has 1 heterocycles. The van der Waals surface area contributed by atoms with Crippen molar-refractivity contribution in [3.05, 3.63) is 44.9 Å². The SMILES string of the molecule is CCN(CC)CCN(C)Cc1csc(NC(=O)NCc2ccc(Cl)c(Cl)c2)n1.Cl.Cl. The molecule has 0 radical (unpaired) electrons. The molecule has 0 saturated carbocycles. The standard InChI is InChI=1S/C19H27Cl2N5OS.2ClH/c1-4-26(5-2)9-8-25(3)12-15-13-28-19(23-15)24-18(27)22-11-14-6-7-16(20)17(21)10-14;;/h6-7,10,13H,4-5,8-9,11-12H2,1-3H3,(H2,22,23,24,27);2*1H. The van der Waals surface area contributed by atoms with Crippen molar-refractivity contribution in [2.24, 2.45) is 0 Å². The van der Waals surface area contributed by atoms with E-state index in [0.29, 0.717) is 21.7 Å². The number of anilines is 1. The average molecular weight is 517 g/mol. The molecule has 0 aliphatic heterocycles. The number of hydrogen-bond acceptors (Lipinski definition) is 5. The molecule has 0 aliphatic carbocycles. The predicted molar refractivity (Wildman–Crippen MR) is 133 cm³/mol. The van der Waals surface area contributed by atoms with Gasteiger partial charge < -0.3 is 10.2 Å². The monoisotopic (exact) mass is 515 g/mol. The molecular weight excluding hydrogens is 488 g/mol. The minimum absolute atomic E-state index is 0. The molecular formula is C19H29Cl4N5OS. The normalized spacial score (nSPS) is 10.5. The Labute approximate surface area is 205 Å². The summed E-state index contributed by atoms with van der Waals surface area (Å²) in [6, 6.07) is 4.97. The highest BCUT2D eigenvalue weighted by atomic mass is 35.5. The average Bonchev–Trinajstić information content (AvgIpc) is 3.10. The molecule has 0 bridgehead atoms. The third-order valence-corrected chi connectivity index (χ3v) is 5.88. The molecule has 2 N–H and O–H groups in total. The lowest BCUT2D eigenvalue weighted by Gasteiger charge is -2.22. The van der Waals surface area contributed by atoms with Gasteiger partial charge in [0.25, 0.3) is 0 Å². The Morgan fingerprint density at radius 3 is 2.47 bits per heavy atom. The molecule has 0 saturated heterocycles. The van der Waals surface area contributed by atoms with Crippen LogP contribution in [0.1, 0.15) is 25.1 Å². The fourth-order valence-electron chi connectivity index (χ4n) is 2.62. The minimum Gasteiger partial charge on any atom is -0.334 e. The van der Waals surface area contributed by atoms with E-state index in [0.717, 1.165) is 44.0 Å². The van der Waals surface area contributed by atoms with Gasteiger partial charge in [0, 0.05) is 31.6 Å². The van der Waals surface area contributed by atoms with Gasteiger partial charge >= 0.3 is 6.03 Å². The van der Waals surface area contributed by atoms with E-state index in [-0.39, 0.29) is 30.8 Å². The molecule has 0 fully saturated rings. The molecule has 0 unspecified atom stereocenters. The second-order valence-corrected chi connectivity index (χ2v) is 8.14. The van der Waals surface area contributed by atoms with Gasteiger partial charge in [-0.2, -0.15) is 0 Å². The number of thiazole rings is 1. The summed E-state index contributed by atoms with van der Waals surface area (Å²) in [7, 11) is 2.08. The number of rotatable bonds is 10. The zero-order valence-corrected chi connectivity index (χ0v) is 21.2. The van der Waals surface area contributed by atoms with Crippen LogP contribution in [0.15, 0.2) is 23.6 Å². The highest BCUT2D eigenvalue weighted by Crippen LogP contribution is 2.22. The van der Waals surface area contributed by atoms with Crippen LogP contribution in [0.3, 0.4) is 0 Å². The maximum atomic E-state index is 12.1. The highest BCUT2D eigenvalue weighted by Gasteiger charge is 2.09. The maximum Gasteiger partial charge on any atom is 0.321 e. The zero-order valence-electron chi connectivity index (χ0n) is 17.3. The first kappa shape index (κ1) is 29.2. The largest absolute Gasteiger partial charge is 0.334 e. The number of carbonyl (C=O) groups is 1. The fourth-order valence-corrected chi connectivity index (χ4v) is 3.64. The van der Waals surface area contributed by atoms with Gasteiger partial charge in [-0.25, -0.2) is 9.78 Å². The summed E-state index contributed by atoms with van der Waals surface area (Å²) >= 11 is 13.3. The Morgan fingerprint density at radius 1 is 1.13 bits per heavy atom. The van der Waals surface area contributed by atoms with Crippen LogP contribution in [0.5, 0.6) is 0 Å². The van der Waals surface area contributed by atoms with Crippen LogP contribution in [0.4, 0.5) is 9.93 Å². The van der Waals surface area contributed by atoms with Crippen LogP contribution < -0.4 is 10.6 Å². The third-order valence-electron chi connectivity index (χ3n) is 4.33. The molecule has 1 aromatic carbocycles. The number of nitrogens with zero attached hydrogens (tertiary/aromatic N) is 3. The van der Waals surface area contributed by atoms with Crippen LogP contribution in [-0.2, 0) is 13.1 Å². The first-order valence-corrected chi connectivity index (χ1v) is 10.9. The molecule has 0 atom stereocenters. The van der Waals surface area contributed by atoms with Gasteiger partial charge in [-0.05, 0) is 37.8 Å². The van der Waals surface area contributed by atoms with Crippen LogP contribution in [-0.4, -0.2) is 54.0 Å². The molecule has 0 aliphatic rings. The number of nitrogens with one attached hydrogen (secondary N) is 2. The van der Waals surface area contributed by atoms with Crippen LogP contribution >= 0.6 is 59.4 Å². The number of aromatic nitrogens is 1. The smallest absolute Gasteiger partial charge is 0.321 e. The molecule has 0 spiro atoms. The summed E-state index contributed by atoms with van der Waals surface area (Å²) in [5.41, 5.74) is 1.83. The van der Waals surface area contributed by atoms with Crippen LogP contribution in [0.2, 0.25) is 10.0 Å². The van der Waals surface area contributed by atoms with Crippen molar-refractivity contribution in [2.45, 2.75) is 26.9 Å². The summed E-state index contributed by atoms with van der Waals surface area (Å²) in [4.78, 5) is 21.2. The predicted octanol–water partition coefficient (Wildman–Crippen LogP) is 5.39. The van der Waals surface area contributed by atoms with Gasteiger partial charge in [0.1, 0.15) is 0 Å². The van der Waals surface area contributed by atoms with Crippen LogP contribution in [0.25, 0.3) is 0 Å². The highest BCUT2D eigenvalue weighted by molar-refractivity contribution is 7.13. The Kier molecular flexibility index (Phi) is 14.7. The van der Waals surface area contributed by atoms with Crippen molar-refractivity contribution in [1.29, 1.82) is 0 Å². The van der Waals surface area contributed by atoms with Crippen molar-refractivity contribution in [2.75, 3.05) is 38.5 Å². The van der Waals surface area contributed by atoms with Crippen molar-refractivity contribution < 1.29 is 4.79 Å². The van der Waals surface area contributed by atoms with E-state index in [1.807, 2.05) is 11.4 Å². The number of hydrogen-bond donors (Lipinski definition) is 2. The number of urea groups is 1. The molecule has 30 heavy (non-hydrogen) atoms. The first-order chi connectivity index (χ1) is 13.4. The van der Waals surface area contributed by atoms with Gasteiger partial charge in [0.2, 0.25) is 0 Å². The minimum atomic E-state index is -0.304. The Morgan fingerprint density at radius 2 is 1.83 bits per heavy atom. The van der Waals surface area contributed by atoms with Gasteiger partial charge in [0.05, 0.1) is 15.7 Å². The van der Waals surface area contributed by atoms with Crippen molar-refractivity contribution in [3.8, 4) is 0 Å². The molecule has 2 aromatic rings. The number of benzene rings is 1. The molecule has 1 aromatic heterocycles. The van der Waals surface area contributed by atoms with Gasteiger partial charge in [-0.15, -0.1) is 36.2 Å². The second-order valence-electron chi connectivity index (χ2n) is 6.46. The summed E-state index contributed by atoms with van der Waals surface area (Å²) in [5.74, 6) is 0. The van der Waals surface area contributed by atoms with Gasteiger partial charge in [0.15, 0.2) is 5.13 Å². The van der Waals surface area contributed by atoms with E-state index in [1.165, 1.54) is 11.3 Å². The molecule has 6 nitrogen and oxygen atoms in total. The van der Waals surface area contributed by atoms with E-state index < -0.39 is 0 Å². The van der Waals surface area contributed by atoms with E-state index in [1.54, 1.807) is 12.1 Å². The Hall–Kier alpha value is -0.800. The number of carbonyl (C=O) groups excluding carboxylic acids is 1. The number of halogens is 4. The lowest BCUT2D eigenvalue weighted by atomic mass is 10.2. The zero-order chi connectivity index (χ0) is 20.5. The van der Waals surface area contributed by atoms with Gasteiger partial charge in [-0.1, -0.05) is 43.1 Å². The van der Waals surface area contributed by atoms with Crippen molar-refractivity contribution >= 4 is 70.5 Å². The van der Waals surface area contributed by atoms with E-state index >= 15 is 0 Å². The molecule has 2 amide bonds. The Balaban J connectivity index is 0.00000420. The van der Waals surface area contributed by atoms with E-state index in [4.69, 9.17) is 23.2 Å². The maximum absolute atomic E-state index is 12.1. The van der Waals surface area contributed by atoms with Crippen molar-refractivity contribution in [1.82, 2.24) is 20.1 Å². The molecule has 2 rings (SSSR count). The summed E-state index contributed by atoms with van der Waals surface area (Å²) in [6.45, 7) is 9.60. The third kappa shape index (κ3) is 10.0. The summed E-state index contributed by atoms with van der Waals surface area (Å²) < 4.78 is 0. The molecule has 170 valence electrons. The number of amides is 2. The first-order valence-electron chi connectivity index (χ1n) is 9.25. The van der Waals surface area contributed by atoms with Gasteiger partial charge in [-0.3, -0.25) is 10.2 Å². The molecule has 11 heteroatoms. The summed E-state index contributed by atoms with van der Waals surface area (Å²) in [6.07, 6.45) is 0. The van der Waals surface area contributed by atoms with E-state index in [2.05, 4.69) is 46.3 Å². The van der Waals surface area contributed by atoms with Crippen molar-refractivity contribution in [3.63, 3.8) is 0 Å². The fraction of sp³-hybridized carbons (Fsp3) is 0.474. The lowest BCUT2D eigenvalue weighted by Crippen LogP contribution is -2.32. The number of likely N-dealkylation sites (N-methyl/N-ethyl adjacent to an activating group) is 2. The second kappa shape index (κ2) is 15.1. The summed E-state index contributed by atoms with van der Waals surface area (Å²) in [5, 5.41) is 9.08. The van der Waals surface area contributed by atoms with Crippen LogP contribution in [0, 0.1) is 0 Å². The van der Waals surface area contributed by atoms with E-state index in [9.17, 15) is 4.79 Å².